The maximum Gasteiger partial charge on any atom is 0.472 e. The Hall–Kier alpha value is -2.06. The van der Waals surface area contributed by atoms with E-state index < -0.39 is 20.0 Å². The predicted molar refractivity (Wildman–Crippen MR) is 272 cm³/mol. The largest absolute Gasteiger partial charge is 0.472 e. The Kier molecular flexibility index (Phi) is 43.6. The first-order valence-corrected chi connectivity index (χ1v) is 27.3. The van der Waals surface area contributed by atoms with Crippen molar-refractivity contribution in [3.8, 4) is 0 Å². The van der Waals surface area contributed by atoms with Crippen molar-refractivity contribution in [2.24, 2.45) is 0 Å². The molecule has 0 rings (SSSR count). The van der Waals surface area contributed by atoms with Gasteiger partial charge in [0.2, 0.25) is 5.91 Å². The van der Waals surface area contributed by atoms with Crippen molar-refractivity contribution in [2.75, 3.05) is 40.9 Å². The summed E-state index contributed by atoms with van der Waals surface area (Å²) in [6.45, 7) is 4.69. The number of allylic oxidation sites excluding steroid dienone is 11. The summed E-state index contributed by atoms with van der Waals surface area (Å²) in [5.41, 5.74) is 0. The zero-order valence-electron chi connectivity index (χ0n) is 41.5. The van der Waals surface area contributed by atoms with E-state index in [1.807, 2.05) is 27.2 Å². The average molecular weight is 904 g/mol. The van der Waals surface area contributed by atoms with E-state index in [0.717, 1.165) is 89.9 Å². The number of carbonyl (C=O) groups is 1. The average Bonchev–Trinajstić information content (AvgIpc) is 3.24. The number of aliphatic hydroxyl groups is 1. The Balaban J connectivity index is 4.38. The molecule has 0 aromatic carbocycles. The summed E-state index contributed by atoms with van der Waals surface area (Å²) in [4.78, 5) is 23.2. The van der Waals surface area contributed by atoms with E-state index >= 15 is 0 Å². The van der Waals surface area contributed by atoms with Crippen molar-refractivity contribution in [3.05, 3.63) is 72.9 Å². The minimum absolute atomic E-state index is 0.0540. The van der Waals surface area contributed by atoms with Gasteiger partial charge in [-0.15, -0.1) is 0 Å². The Morgan fingerprint density at radius 2 is 0.952 bits per heavy atom. The summed E-state index contributed by atoms with van der Waals surface area (Å²) < 4.78 is 23.6. The number of hydrogen-bond acceptors (Lipinski definition) is 5. The Morgan fingerprint density at radius 1 is 0.556 bits per heavy atom. The van der Waals surface area contributed by atoms with E-state index in [1.54, 1.807) is 6.08 Å². The maximum absolute atomic E-state index is 12.9. The normalized spacial score (nSPS) is 14.7. The minimum Gasteiger partial charge on any atom is -0.387 e. The van der Waals surface area contributed by atoms with E-state index in [9.17, 15) is 19.4 Å². The van der Waals surface area contributed by atoms with Crippen LogP contribution in [-0.2, 0) is 18.4 Å². The first-order chi connectivity index (χ1) is 30.5. The summed E-state index contributed by atoms with van der Waals surface area (Å²) in [7, 11) is 1.55. The van der Waals surface area contributed by atoms with E-state index in [2.05, 4.69) is 79.9 Å². The monoisotopic (exact) mass is 904 g/mol. The van der Waals surface area contributed by atoms with Gasteiger partial charge in [-0.05, 0) is 64.2 Å². The van der Waals surface area contributed by atoms with Gasteiger partial charge in [0.15, 0.2) is 0 Å². The highest BCUT2D eigenvalue weighted by atomic mass is 31.2. The maximum atomic E-state index is 12.9. The van der Waals surface area contributed by atoms with E-state index in [1.165, 1.54) is 103 Å². The van der Waals surface area contributed by atoms with Gasteiger partial charge < -0.3 is 19.8 Å². The van der Waals surface area contributed by atoms with Gasteiger partial charge in [-0.2, -0.15) is 0 Å². The van der Waals surface area contributed by atoms with Gasteiger partial charge in [0, 0.05) is 6.42 Å². The summed E-state index contributed by atoms with van der Waals surface area (Å²) in [6, 6.07) is -0.861. The molecule has 0 aromatic heterocycles. The number of nitrogens with zero attached hydrogens (tertiary/aromatic N) is 1. The molecule has 0 aromatic rings. The van der Waals surface area contributed by atoms with Gasteiger partial charge in [0.05, 0.1) is 39.9 Å². The third-order valence-electron chi connectivity index (χ3n) is 11.2. The molecule has 1 amide bonds. The van der Waals surface area contributed by atoms with Crippen LogP contribution < -0.4 is 5.32 Å². The molecule has 63 heavy (non-hydrogen) atoms. The Bertz CT molecular complexity index is 1250. The number of quaternary nitrogens is 1. The highest BCUT2D eigenvalue weighted by Gasteiger charge is 2.27. The number of hydrogen-bond donors (Lipinski definition) is 3. The zero-order chi connectivity index (χ0) is 46.4. The lowest BCUT2D eigenvalue weighted by atomic mass is 10.0. The van der Waals surface area contributed by atoms with Crippen LogP contribution in [0.3, 0.4) is 0 Å². The smallest absolute Gasteiger partial charge is 0.387 e. The molecule has 3 N–H and O–H groups in total. The van der Waals surface area contributed by atoms with Crippen molar-refractivity contribution in [3.63, 3.8) is 0 Å². The molecule has 0 bridgehead atoms. The van der Waals surface area contributed by atoms with Crippen LogP contribution >= 0.6 is 7.82 Å². The third kappa shape index (κ3) is 47.7. The molecule has 0 saturated carbocycles. The molecule has 3 atom stereocenters. The number of phosphoric ester groups is 1. The number of rotatable bonds is 46. The molecule has 0 radical (unpaired) electrons. The van der Waals surface area contributed by atoms with Crippen molar-refractivity contribution < 1.29 is 32.9 Å². The Morgan fingerprint density at radius 3 is 1.40 bits per heavy atom. The number of unbranched alkanes of at least 4 members (excludes halogenated alkanes) is 23. The van der Waals surface area contributed by atoms with Crippen molar-refractivity contribution in [1.29, 1.82) is 0 Å². The summed E-state index contributed by atoms with van der Waals surface area (Å²) in [5.74, 6) is -0.197. The van der Waals surface area contributed by atoms with Crippen molar-refractivity contribution >= 4 is 13.7 Å². The fourth-order valence-corrected chi connectivity index (χ4v) is 7.86. The van der Waals surface area contributed by atoms with Crippen LogP contribution in [0.1, 0.15) is 213 Å². The molecule has 9 heteroatoms. The lowest BCUT2D eigenvalue weighted by Gasteiger charge is -2.25. The topological polar surface area (TPSA) is 105 Å². The molecule has 366 valence electrons. The number of phosphoric acid groups is 1. The van der Waals surface area contributed by atoms with E-state index in [4.69, 9.17) is 9.05 Å². The molecule has 0 spiro atoms. The van der Waals surface area contributed by atoms with Gasteiger partial charge in [0.1, 0.15) is 13.2 Å². The number of carbonyl (C=O) groups excluding carboxylic acids is 1. The van der Waals surface area contributed by atoms with Crippen LogP contribution in [0.25, 0.3) is 0 Å². The van der Waals surface area contributed by atoms with Gasteiger partial charge in [-0.1, -0.05) is 215 Å². The second-order valence-electron chi connectivity index (χ2n) is 18.5. The fourth-order valence-electron chi connectivity index (χ4n) is 7.13. The first kappa shape index (κ1) is 60.9. The molecular formula is C54H100N2O6P+. The molecule has 0 aliphatic carbocycles. The van der Waals surface area contributed by atoms with E-state index in [0.29, 0.717) is 17.4 Å². The minimum atomic E-state index is -4.35. The van der Waals surface area contributed by atoms with E-state index in [-0.39, 0.29) is 19.1 Å². The fraction of sp³-hybridized carbons (Fsp3) is 0.759. The molecule has 0 aliphatic heterocycles. The second kappa shape index (κ2) is 45.1. The van der Waals surface area contributed by atoms with Crippen LogP contribution in [0.4, 0.5) is 0 Å². The molecular weight excluding hydrogens is 804 g/mol. The molecule has 0 saturated heterocycles. The quantitative estimate of drug-likeness (QED) is 0.0243. The van der Waals surface area contributed by atoms with Crippen LogP contribution in [-0.4, -0.2) is 73.4 Å². The summed E-state index contributed by atoms with van der Waals surface area (Å²) in [6.07, 6.45) is 61.2. The molecule has 0 aliphatic rings. The number of aliphatic hydroxyl groups excluding tert-OH is 1. The van der Waals surface area contributed by atoms with Crippen molar-refractivity contribution in [2.45, 2.75) is 225 Å². The number of amides is 1. The van der Waals surface area contributed by atoms with Crippen LogP contribution in [0.2, 0.25) is 0 Å². The Labute approximate surface area is 389 Å². The highest BCUT2D eigenvalue weighted by molar-refractivity contribution is 7.47. The first-order valence-electron chi connectivity index (χ1n) is 25.8. The summed E-state index contributed by atoms with van der Waals surface area (Å²) >= 11 is 0. The van der Waals surface area contributed by atoms with Crippen LogP contribution in [0.5, 0.6) is 0 Å². The summed E-state index contributed by atoms with van der Waals surface area (Å²) in [5, 5.41) is 13.9. The molecule has 8 nitrogen and oxygen atoms in total. The second-order valence-corrected chi connectivity index (χ2v) is 20.0. The highest BCUT2D eigenvalue weighted by Crippen LogP contribution is 2.43. The molecule has 3 unspecified atom stereocenters. The molecule has 0 heterocycles. The lowest BCUT2D eigenvalue weighted by Crippen LogP contribution is -2.45. The van der Waals surface area contributed by atoms with Gasteiger partial charge in [-0.3, -0.25) is 13.8 Å². The SMILES string of the molecule is CC/C=C\C/C=C\C/C=C\C/C=C\C/C=C\CCCCCCCC(=O)NC(COP(=O)(O)OCC[N+](C)(C)C)C(O)/C=C/CCCCCCCCCCCCCCCCCCCC. The van der Waals surface area contributed by atoms with Gasteiger partial charge in [-0.25, -0.2) is 4.57 Å². The van der Waals surface area contributed by atoms with Crippen molar-refractivity contribution in [1.82, 2.24) is 5.32 Å². The number of nitrogens with one attached hydrogen (secondary N) is 1. The lowest BCUT2D eigenvalue weighted by molar-refractivity contribution is -0.870. The molecule has 0 fully saturated rings. The third-order valence-corrected chi connectivity index (χ3v) is 12.2. The van der Waals surface area contributed by atoms with Crippen LogP contribution in [0.15, 0.2) is 72.9 Å². The van der Waals surface area contributed by atoms with Crippen LogP contribution in [0, 0.1) is 0 Å². The standard InChI is InChI=1S/C54H99N2O6P/c1-6-8-10-12-14-16-18-20-22-24-26-28-30-32-34-36-38-40-42-44-46-48-54(58)55-52(51-62-63(59,60)61-50-49-56(3,4)5)53(57)47-45-43-41-39-37-35-33-31-29-27-25-23-21-19-17-15-13-11-9-7-2/h8,10,14,16,20,22,26,28,32,34,45,47,52-53,57H,6-7,9,11-13,15,17-19,21,23-25,27,29-31,33,35-44,46,48-51H2,1-5H3,(H-,55,58,59,60)/p+1/b10-8-,16-14-,22-20-,28-26-,34-32-,47-45+. The zero-order valence-corrected chi connectivity index (χ0v) is 42.4. The van der Waals surface area contributed by atoms with Gasteiger partial charge >= 0.3 is 7.82 Å². The number of likely N-dealkylation sites (N-methyl/N-ethyl adjacent to an activating group) is 1. The predicted octanol–water partition coefficient (Wildman–Crippen LogP) is 15.1. The van der Waals surface area contributed by atoms with Gasteiger partial charge in [0.25, 0.3) is 0 Å².